The molecule has 12 aromatic rings. The molecular formula is C57H36OS. The molecule has 276 valence electrons. The van der Waals surface area contributed by atoms with E-state index in [1.165, 1.54) is 103 Å². The highest BCUT2D eigenvalue weighted by atomic mass is 32.1. The van der Waals surface area contributed by atoms with Crippen LogP contribution in [0.4, 0.5) is 0 Å². The lowest BCUT2D eigenvalue weighted by atomic mass is 9.82. The van der Waals surface area contributed by atoms with Crippen LogP contribution >= 0.6 is 11.3 Å². The molecule has 2 heterocycles. The van der Waals surface area contributed by atoms with Crippen molar-refractivity contribution >= 4 is 85.8 Å². The van der Waals surface area contributed by atoms with Gasteiger partial charge in [-0.1, -0.05) is 172 Å². The fourth-order valence-electron chi connectivity index (χ4n) is 10.6. The van der Waals surface area contributed by atoms with E-state index in [0.717, 1.165) is 27.5 Å². The van der Waals surface area contributed by atoms with Crippen molar-refractivity contribution in [3.05, 3.63) is 193 Å². The molecule has 13 rings (SSSR count). The monoisotopic (exact) mass is 768 g/mol. The zero-order valence-electron chi connectivity index (χ0n) is 32.6. The summed E-state index contributed by atoms with van der Waals surface area (Å²) in [6, 6.07) is 67.3. The van der Waals surface area contributed by atoms with E-state index in [4.69, 9.17) is 4.42 Å². The van der Waals surface area contributed by atoms with Crippen LogP contribution in [-0.2, 0) is 5.41 Å². The SMILES string of the molecule is CC1(C)c2ccccc2-c2ccc3c(sc4cc(-c5ccc(-c6c7ccccc7c(-c7ccc8c(c7)oc7ccccc78)c7ccccc67)cc5)c5ccccc5c43)c21. The van der Waals surface area contributed by atoms with Gasteiger partial charge in [-0.05, 0) is 112 Å². The van der Waals surface area contributed by atoms with Crippen LogP contribution in [0.1, 0.15) is 25.0 Å². The van der Waals surface area contributed by atoms with Crippen LogP contribution in [0.5, 0.6) is 0 Å². The van der Waals surface area contributed by atoms with Crippen molar-refractivity contribution in [2.75, 3.05) is 0 Å². The first kappa shape index (κ1) is 33.0. The summed E-state index contributed by atoms with van der Waals surface area (Å²) >= 11 is 1.96. The number of benzene rings is 10. The molecule has 0 amide bonds. The quantitative estimate of drug-likeness (QED) is 0.163. The van der Waals surface area contributed by atoms with Crippen molar-refractivity contribution in [1.29, 1.82) is 0 Å². The minimum Gasteiger partial charge on any atom is -0.456 e. The van der Waals surface area contributed by atoms with Gasteiger partial charge in [0.05, 0.1) is 0 Å². The van der Waals surface area contributed by atoms with Gasteiger partial charge in [0.2, 0.25) is 0 Å². The molecule has 0 fully saturated rings. The molecule has 0 unspecified atom stereocenters. The van der Waals surface area contributed by atoms with Gasteiger partial charge < -0.3 is 4.42 Å². The lowest BCUT2D eigenvalue weighted by molar-refractivity contribution is 0.667. The Balaban J connectivity index is 0.980. The highest BCUT2D eigenvalue weighted by molar-refractivity contribution is 7.26. The van der Waals surface area contributed by atoms with Gasteiger partial charge in [-0.2, -0.15) is 0 Å². The second-order valence-corrected chi connectivity index (χ2v) is 17.8. The first-order valence-corrected chi connectivity index (χ1v) is 21.3. The average Bonchev–Trinajstić information content (AvgIpc) is 3.92. The summed E-state index contributed by atoms with van der Waals surface area (Å²) in [6.45, 7) is 4.79. The molecule has 2 aromatic heterocycles. The maximum atomic E-state index is 6.38. The van der Waals surface area contributed by atoms with Crippen LogP contribution in [0.2, 0.25) is 0 Å². The second kappa shape index (κ2) is 12.0. The van der Waals surface area contributed by atoms with Crippen molar-refractivity contribution in [3.63, 3.8) is 0 Å². The van der Waals surface area contributed by atoms with E-state index < -0.39 is 0 Å². The molecule has 0 saturated carbocycles. The molecule has 0 spiro atoms. The fourth-order valence-corrected chi connectivity index (χ4v) is 12.1. The van der Waals surface area contributed by atoms with E-state index in [-0.39, 0.29) is 5.41 Å². The Labute approximate surface area is 345 Å². The Kier molecular flexibility index (Phi) is 6.73. The van der Waals surface area contributed by atoms with Crippen LogP contribution in [0.15, 0.2) is 186 Å². The predicted molar refractivity (Wildman–Crippen MR) is 253 cm³/mol. The number of thiophene rings is 1. The Morgan fingerprint density at radius 3 is 1.66 bits per heavy atom. The molecule has 1 aliphatic carbocycles. The number of hydrogen-bond acceptors (Lipinski definition) is 2. The normalized spacial score (nSPS) is 13.4. The summed E-state index contributed by atoms with van der Waals surface area (Å²) in [7, 11) is 0. The number of fused-ring (bicyclic) bond motifs is 14. The molecule has 2 heteroatoms. The molecule has 0 aliphatic heterocycles. The predicted octanol–water partition coefficient (Wildman–Crippen LogP) is 16.7. The number of rotatable bonds is 3. The first-order valence-electron chi connectivity index (χ1n) is 20.5. The van der Waals surface area contributed by atoms with E-state index in [1.807, 2.05) is 17.4 Å². The van der Waals surface area contributed by atoms with E-state index in [2.05, 4.69) is 190 Å². The van der Waals surface area contributed by atoms with Gasteiger partial charge in [0.25, 0.3) is 0 Å². The number of furan rings is 1. The van der Waals surface area contributed by atoms with Crippen molar-refractivity contribution in [1.82, 2.24) is 0 Å². The fraction of sp³-hybridized carbons (Fsp3) is 0.0526. The zero-order chi connectivity index (χ0) is 39.0. The Morgan fingerprint density at radius 2 is 0.932 bits per heavy atom. The Bertz CT molecular complexity index is 3690. The van der Waals surface area contributed by atoms with Crippen LogP contribution in [0.3, 0.4) is 0 Å². The van der Waals surface area contributed by atoms with Crippen molar-refractivity contribution in [2.45, 2.75) is 19.3 Å². The lowest BCUT2D eigenvalue weighted by Gasteiger charge is -2.22. The van der Waals surface area contributed by atoms with Crippen LogP contribution in [-0.4, -0.2) is 0 Å². The van der Waals surface area contributed by atoms with E-state index in [0.29, 0.717) is 0 Å². The number of hydrogen-bond donors (Lipinski definition) is 0. The highest BCUT2D eigenvalue weighted by Gasteiger charge is 2.37. The molecule has 1 nitrogen and oxygen atoms in total. The zero-order valence-corrected chi connectivity index (χ0v) is 33.5. The molecule has 0 atom stereocenters. The molecule has 0 radical (unpaired) electrons. The van der Waals surface area contributed by atoms with Crippen molar-refractivity contribution < 1.29 is 4.42 Å². The maximum absolute atomic E-state index is 6.38. The number of para-hydroxylation sites is 1. The highest BCUT2D eigenvalue weighted by Crippen LogP contribution is 2.55. The topological polar surface area (TPSA) is 13.1 Å². The van der Waals surface area contributed by atoms with E-state index in [9.17, 15) is 0 Å². The first-order chi connectivity index (χ1) is 29.0. The molecule has 0 N–H and O–H groups in total. The van der Waals surface area contributed by atoms with Gasteiger partial charge >= 0.3 is 0 Å². The largest absolute Gasteiger partial charge is 0.456 e. The molecule has 0 saturated heterocycles. The summed E-state index contributed by atoms with van der Waals surface area (Å²) in [4.78, 5) is 0. The van der Waals surface area contributed by atoms with Gasteiger partial charge in [0.15, 0.2) is 0 Å². The Hall–Kier alpha value is -7.00. The van der Waals surface area contributed by atoms with Gasteiger partial charge in [-0.15, -0.1) is 11.3 Å². The van der Waals surface area contributed by atoms with Crippen LogP contribution in [0, 0.1) is 0 Å². The molecule has 0 bridgehead atoms. The molecule has 10 aromatic carbocycles. The van der Waals surface area contributed by atoms with Crippen LogP contribution in [0.25, 0.3) is 119 Å². The summed E-state index contributed by atoms with van der Waals surface area (Å²) in [5, 5.41) is 12.6. The lowest BCUT2D eigenvalue weighted by Crippen LogP contribution is -2.14. The smallest absolute Gasteiger partial charge is 0.136 e. The van der Waals surface area contributed by atoms with Gasteiger partial charge in [0, 0.05) is 36.4 Å². The molecule has 1 aliphatic rings. The van der Waals surface area contributed by atoms with E-state index in [1.54, 1.807) is 0 Å². The van der Waals surface area contributed by atoms with Crippen molar-refractivity contribution in [3.8, 4) is 44.5 Å². The van der Waals surface area contributed by atoms with E-state index >= 15 is 0 Å². The summed E-state index contributed by atoms with van der Waals surface area (Å²) in [5.74, 6) is 0. The van der Waals surface area contributed by atoms with Gasteiger partial charge in [-0.25, -0.2) is 0 Å². The maximum Gasteiger partial charge on any atom is 0.136 e. The van der Waals surface area contributed by atoms with Gasteiger partial charge in [0.1, 0.15) is 11.2 Å². The third-order valence-corrected chi connectivity index (χ3v) is 14.4. The van der Waals surface area contributed by atoms with Crippen LogP contribution < -0.4 is 0 Å². The summed E-state index contributed by atoms with van der Waals surface area (Å²) in [5.41, 5.74) is 14.8. The summed E-state index contributed by atoms with van der Waals surface area (Å²) in [6.07, 6.45) is 0. The minimum atomic E-state index is -0.0601. The standard InChI is InChI=1S/C57H36OS/c1-57(2)48-21-11-9-14-37(48)45-29-30-46-54-40-16-4-3-13-36(40)47(32-51(54)59-56(46)55(45)57)33-23-25-34(26-24-33)52-41-17-5-7-19-43(41)53(44-20-8-6-18-42(44)52)35-27-28-39-38-15-10-12-22-49(38)58-50(39)31-35/h3-32H,1-2H3. The third-order valence-electron chi connectivity index (χ3n) is 13.2. The molecule has 59 heavy (non-hydrogen) atoms. The van der Waals surface area contributed by atoms with Gasteiger partial charge in [-0.3, -0.25) is 0 Å². The molecular weight excluding hydrogens is 733 g/mol. The second-order valence-electron chi connectivity index (χ2n) is 16.7. The third kappa shape index (κ3) is 4.55. The average molecular weight is 769 g/mol. The minimum absolute atomic E-state index is 0.0601. The Morgan fingerprint density at radius 1 is 0.390 bits per heavy atom. The van der Waals surface area contributed by atoms with Crippen molar-refractivity contribution in [2.24, 2.45) is 0 Å². The summed E-state index contributed by atoms with van der Waals surface area (Å²) < 4.78 is 9.14.